The quantitative estimate of drug-likeness (QED) is 0.553. The summed E-state index contributed by atoms with van der Waals surface area (Å²) in [5.74, 6) is 0. The maximum Gasteiger partial charge on any atom is 0.103 e. The lowest BCUT2D eigenvalue weighted by molar-refractivity contribution is -0.0312. The molecule has 0 heterocycles. The molecule has 0 aliphatic carbocycles. The molecule has 0 aromatic heterocycles. The van der Waals surface area contributed by atoms with Gasteiger partial charge in [0.15, 0.2) is 0 Å². The molecule has 3 nitrogen and oxygen atoms in total. The van der Waals surface area contributed by atoms with Crippen molar-refractivity contribution in [2.75, 3.05) is 6.61 Å². The fourth-order valence-electron chi connectivity index (χ4n) is 0.885. The Labute approximate surface area is 67.7 Å². The van der Waals surface area contributed by atoms with Gasteiger partial charge in [-0.15, -0.1) is 0 Å². The van der Waals surface area contributed by atoms with E-state index >= 15 is 0 Å². The molecule has 0 saturated heterocycles. The van der Waals surface area contributed by atoms with Gasteiger partial charge in [0.25, 0.3) is 0 Å². The normalized spacial score (nSPS) is 18.0. The summed E-state index contributed by atoms with van der Waals surface area (Å²) in [4.78, 5) is 0. The van der Waals surface area contributed by atoms with Crippen molar-refractivity contribution in [2.24, 2.45) is 5.41 Å². The Morgan fingerprint density at radius 3 is 1.82 bits per heavy atom. The van der Waals surface area contributed by atoms with Gasteiger partial charge < -0.3 is 15.3 Å². The van der Waals surface area contributed by atoms with Crippen molar-refractivity contribution in [1.82, 2.24) is 0 Å². The number of hydrogen-bond donors (Lipinski definition) is 3. The molecule has 3 heteroatoms. The third-order valence-electron chi connectivity index (χ3n) is 1.45. The Bertz CT molecular complexity index is 106. The van der Waals surface area contributed by atoms with Gasteiger partial charge in [-0.05, 0) is 11.8 Å². The summed E-state index contributed by atoms with van der Waals surface area (Å²) in [6.07, 6.45) is -1.33. The van der Waals surface area contributed by atoms with Crippen LogP contribution in [0.3, 0.4) is 0 Å². The highest BCUT2D eigenvalue weighted by molar-refractivity contribution is 4.73. The smallest absolute Gasteiger partial charge is 0.103 e. The SMILES string of the molecule is CC(C)(C)C[C@H](O)[C@H](O)CO. The van der Waals surface area contributed by atoms with Crippen molar-refractivity contribution in [3.8, 4) is 0 Å². The lowest BCUT2D eigenvalue weighted by atomic mass is 9.88. The van der Waals surface area contributed by atoms with Crippen LogP contribution in [0.4, 0.5) is 0 Å². The third kappa shape index (κ3) is 5.18. The van der Waals surface area contributed by atoms with E-state index in [2.05, 4.69) is 0 Å². The molecule has 0 unspecified atom stereocenters. The van der Waals surface area contributed by atoms with Crippen LogP contribution in [0.15, 0.2) is 0 Å². The van der Waals surface area contributed by atoms with E-state index in [0.717, 1.165) is 0 Å². The molecule has 0 spiro atoms. The minimum Gasteiger partial charge on any atom is -0.394 e. The predicted octanol–water partition coefficient (Wildman–Crippen LogP) is 0.137. The third-order valence-corrected chi connectivity index (χ3v) is 1.45. The van der Waals surface area contributed by atoms with Crippen molar-refractivity contribution in [2.45, 2.75) is 39.4 Å². The number of aliphatic hydroxyl groups is 3. The Morgan fingerprint density at radius 1 is 1.09 bits per heavy atom. The van der Waals surface area contributed by atoms with Gasteiger partial charge in [-0.25, -0.2) is 0 Å². The van der Waals surface area contributed by atoms with Crippen LogP contribution in [-0.4, -0.2) is 34.1 Å². The van der Waals surface area contributed by atoms with Crippen LogP contribution in [0.5, 0.6) is 0 Å². The first-order valence-electron chi connectivity index (χ1n) is 3.84. The topological polar surface area (TPSA) is 60.7 Å². The van der Waals surface area contributed by atoms with Gasteiger partial charge in [0.1, 0.15) is 6.10 Å². The van der Waals surface area contributed by atoms with E-state index < -0.39 is 12.2 Å². The fourth-order valence-corrected chi connectivity index (χ4v) is 0.885. The molecule has 0 rings (SSSR count). The maximum absolute atomic E-state index is 9.24. The summed E-state index contributed by atoms with van der Waals surface area (Å²) in [5, 5.41) is 26.7. The lowest BCUT2D eigenvalue weighted by Gasteiger charge is -2.24. The van der Waals surface area contributed by atoms with Crippen LogP contribution >= 0.6 is 0 Å². The summed E-state index contributed by atoms with van der Waals surface area (Å²) in [6, 6.07) is 0. The highest BCUT2D eigenvalue weighted by Crippen LogP contribution is 2.21. The monoisotopic (exact) mass is 162 g/mol. The molecule has 0 aromatic carbocycles. The zero-order chi connectivity index (χ0) is 9.07. The first kappa shape index (κ1) is 10.9. The Hall–Kier alpha value is -0.120. The van der Waals surface area contributed by atoms with Gasteiger partial charge in [-0.1, -0.05) is 20.8 Å². The molecular formula is C8H18O3. The second kappa shape index (κ2) is 4.04. The summed E-state index contributed by atoms with van der Waals surface area (Å²) in [6.45, 7) is 5.54. The van der Waals surface area contributed by atoms with Crippen molar-refractivity contribution in [1.29, 1.82) is 0 Å². The zero-order valence-corrected chi connectivity index (χ0v) is 7.41. The fraction of sp³-hybridized carbons (Fsp3) is 1.00. The van der Waals surface area contributed by atoms with Gasteiger partial charge in [0.05, 0.1) is 12.7 Å². The molecule has 0 radical (unpaired) electrons. The first-order chi connectivity index (χ1) is 4.87. The van der Waals surface area contributed by atoms with Crippen molar-refractivity contribution in [3.05, 3.63) is 0 Å². The predicted molar refractivity (Wildman–Crippen MR) is 43.2 cm³/mol. The van der Waals surface area contributed by atoms with Gasteiger partial charge in [-0.2, -0.15) is 0 Å². The molecule has 0 aliphatic rings. The van der Waals surface area contributed by atoms with E-state index in [0.29, 0.717) is 6.42 Å². The largest absolute Gasteiger partial charge is 0.394 e. The van der Waals surface area contributed by atoms with E-state index in [1.165, 1.54) is 0 Å². The van der Waals surface area contributed by atoms with E-state index in [-0.39, 0.29) is 12.0 Å². The number of rotatable bonds is 3. The van der Waals surface area contributed by atoms with Gasteiger partial charge in [0, 0.05) is 0 Å². The summed E-state index contributed by atoms with van der Waals surface area (Å²) in [7, 11) is 0. The molecule has 0 saturated carbocycles. The highest BCUT2D eigenvalue weighted by atomic mass is 16.4. The molecule has 3 N–H and O–H groups in total. The lowest BCUT2D eigenvalue weighted by Crippen LogP contribution is -2.32. The van der Waals surface area contributed by atoms with Crippen molar-refractivity contribution < 1.29 is 15.3 Å². The van der Waals surface area contributed by atoms with Crippen LogP contribution < -0.4 is 0 Å². The molecule has 0 amide bonds. The van der Waals surface area contributed by atoms with Crippen molar-refractivity contribution in [3.63, 3.8) is 0 Å². The molecule has 68 valence electrons. The van der Waals surface area contributed by atoms with E-state index in [9.17, 15) is 5.11 Å². The van der Waals surface area contributed by atoms with Crippen molar-refractivity contribution >= 4 is 0 Å². The second-order valence-electron chi connectivity index (χ2n) is 4.08. The van der Waals surface area contributed by atoms with Crippen LogP contribution in [0.25, 0.3) is 0 Å². The highest BCUT2D eigenvalue weighted by Gasteiger charge is 2.22. The average molecular weight is 162 g/mol. The first-order valence-corrected chi connectivity index (χ1v) is 3.84. The molecule has 0 fully saturated rings. The van der Waals surface area contributed by atoms with E-state index in [1.807, 2.05) is 20.8 Å². The van der Waals surface area contributed by atoms with Crippen LogP contribution in [0, 0.1) is 5.41 Å². The van der Waals surface area contributed by atoms with Gasteiger partial charge in [0.2, 0.25) is 0 Å². The van der Waals surface area contributed by atoms with Crippen LogP contribution in [0.1, 0.15) is 27.2 Å². The maximum atomic E-state index is 9.24. The standard InChI is InChI=1S/C8H18O3/c1-8(2,3)4-6(10)7(11)5-9/h6-7,9-11H,4-5H2,1-3H3/t6-,7+/m0/s1. The minimum atomic E-state index is -1.01. The number of aliphatic hydroxyl groups excluding tert-OH is 3. The molecule has 0 bridgehead atoms. The second-order valence-corrected chi connectivity index (χ2v) is 4.08. The summed E-state index contributed by atoms with van der Waals surface area (Å²) >= 11 is 0. The molecule has 0 aromatic rings. The molecule has 2 atom stereocenters. The van der Waals surface area contributed by atoms with Crippen LogP contribution in [0.2, 0.25) is 0 Å². The Balaban J connectivity index is 3.77. The molecule has 0 aliphatic heterocycles. The zero-order valence-electron chi connectivity index (χ0n) is 7.41. The van der Waals surface area contributed by atoms with E-state index in [4.69, 9.17) is 10.2 Å². The van der Waals surface area contributed by atoms with E-state index in [1.54, 1.807) is 0 Å². The Morgan fingerprint density at radius 2 is 1.55 bits per heavy atom. The summed E-state index contributed by atoms with van der Waals surface area (Å²) < 4.78 is 0. The van der Waals surface area contributed by atoms with Gasteiger partial charge >= 0.3 is 0 Å². The average Bonchev–Trinajstić information content (AvgIpc) is 1.82. The molecular weight excluding hydrogens is 144 g/mol. The molecule has 11 heavy (non-hydrogen) atoms. The minimum absolute atomic E-state index is 0.0183. The van der Waals surface area contributed by atoms with Crippen LogP contribution in [-0.2, 0) is 0 Å². The van der Waals surface area contributed by atoms with Gasteiger partial charge in [-0.3, -0.25) is 0 Å². The number of hydrogen-bond acceptors (Lipinski definition) is 3. The Kier molecular flexibility index (Phi) is 4.00. The summed E-state index contributed by atoms with van der Waals surface area (Å²) in [5.41, 5.74) is -0.0183.